The Morgan fingerprint density at radius 2 is 1.92 bits per heavy atom. The largest absolute Gasteiger partial charge is 0.394 e. The number of nitrogens with one attached hydrogen (secondary N) is 2. The second kappa shape index (κ2) is 9.22. The lowest BCUT2D eigenvalue weighted by atomic mass is 9.96. The van der Waals surface area contributed by atoms with Gasteiger partial charge in [-0.3, -0.25) is 4.79 Å². The van der Waals surface area contributed by atoms with Gasteiger partial charge in [0.2, 0.25) is 5.91 Å². The molecule has 0 aromatic carbocycles. The summed E-state index contributed by atoms with van der Waals surface area (Å²) < 4.78 is 5.88. The first-order chi connectivity index (χ1) is 11.5. The Kier molecular flexibility index (Phi) is 7.30. The fraction of sp³-hybridized carbons (Fsp3) is 0.882. The van der Waals surface area contributed by atoms with Crippen LogP contribution in [0.4, 0.5) is 4.79 Å². The van der Waals surface area contributed by atoms with E-state index in [1.165, 1.54) is 6.42 Å². The van der Waals surface area contributed by atoms with Gasteiger partial charge in [-0.2, -0.15) is 0 Å². The third-order valence-corrected chi connectivity index (χ3v) is 4.64. The summed E-state index contributed by atoms with van der Waals surface area (Å²) in [5.41, 5.74) is 0. The number of likely N-dealkylation sites (tertiary alicyclic amines) is 1. The standard InChI is InChI=1S/C17H31N3O4/c1-12(2)18-17(23)19-14-7-6-13(24-15(14)11-21)10-16(22)20-8-4-3-5-9-20/h12-15,21H,3-11H2,1-2H3,(H2,18,19,23)/t13-,14+,15+/m0/s1. The number of aliphatic hydroxyl groups excluding tert-OH is 1. The van der Waals surface area contributed by atoms with Crippen LogP contribution < -0.4 is 10.6 Å². The first kappa shape index (κ1) is 19.0. The fourth-order valence-electron chi connectivity index (χ4n) is 3.39. The first-order valence-corrected chi connectivity index (χ1v) is 9.10. The zero-order valence-electron chi connectivity index (χ0n) is 14.8. The fourth-order valence-corrected chi connectivity index (χ4v) is 3.39. The maximum Gasteiger partial charge on any atom is 0.315 e. The molecule has 2 heterocycles. The second-order valence-corrected chi connectivity index (χ2v) is 7.08. The molecule has 2 saturated heterocycles. The summed E-state index contributed by atoms with van der Waals surface area (Å²) in [7, 11) is 0. The lowest BCUT2D eigenvalue weighted by Gasteiger charge is -2.37. The molecule has 3 amide bonds. The molecule has 0 aromatic rings. The molecule has 138 valence electrons. The summed E-state index contributed by atoms with van der Waals surface area (Å²) in [5, 5.41) is 15.2. The molecule has 2 fully saturated rings. The van der Waals surface area contributed by atoms with E-state index in [0.29, 0.717) is 19.3 Å². The average molecular weight is 341 g/mol. The summed E-state index contributed by atoms with van der Waals surface area (Å²) in [6.45, 7) is 5.30. The normalized spacial score (nSPS) is 27.8. The van der Waals surface area contributed by atoms with E-state index in [1.807, 2.05) is 18.7 Å². The van der Waals surface area contributed by atoms with Gasteiger partial charge in [0.25, 0.3) is 0 Å². The number of hydrogen-bond acceptors (Lipinski definition) is 4. The van der Waals surface area contributed by atoms with E-state index in [-0.39, 0.29) is 36.7 Å². The van der Waals surface area contributed by atoms with Crippen molar-refractivity contribution in [3.05, 3.63) is 0 Å². The van der Waals surface area contributed by atoms with Gasteiger partial charge < -0.3 is 25.4 Å². The third kappa shape index (κ3) is 5.63. The smallest absolute Gasteiger partial charge is 0.315 e. The Balaban J connectivity index is 1.80. The van der Waals surface area contributed by atoms with Crippen LogP contribution in [0.1, 0.15) is 52.4 Å². The summed E-state index contributed by atoms with van der Waals surface area (Å²) in [6.07, 6.45) is 4.49. The van der Waals surface area contributed by atoms with Crippen molar-refractivity contribution < 1.29 is 19.4 Å². The van der Waals surface area contributed by atoms with Gasteiger partial charge in [0, 0.05) is 19.1 Å². The van der Waals surface area contributed by atoms with Crippen LogP contribution in [0, 0.1) is 0 Å². The highest BCUT2D eigenvalue weighted by Gasteiger charge is 2.33. The van der Waals surface area contributed by atoms with Gasteiger partial charge in [-0.25, -0.2) is 4.79 Å². The number of ether oxygens (including phenoxy) is 1. The van der Waals surface area contributed by atoms with E-state index in [1.54, 1.807) is 0 Å². The van der Waals surface area contributed by atoms with E-state index >= 15 is 0 Å². The van der Waals surface area contributed by atoms with Gasteiger partial charge in [-0.05, 0) is 46.0 Å². The molecule has 7 heteroatoms. The van der Waals surface area contributed by atoms with Gasteiger partial charge in [0.05, 0.1) is 25.2 Å². The monoisotopic (exact) mass is 341 g/mol. The van der Waals surface area contributed by atoms with E-state index in [2.05, 4.69) is 10.6 Å². The number of aliphatic hydroxyl groups is 1. The molecule has 7 nitrogen and oxygen atoms in total. The molecule has 0 bridgehead atoms. The number of rotatable bonds is 5. The van der Waals surface area contributed by atoms with Crippen molar-refractivity contribution in [1.82, 2.24) is 15.5 Å². The van der Waals surface area contributed by atoms with Crippen LogP contribution in [0.2, 0.25) is 0 Å². The Morgan fingerprint density at radius 3 is 2.54 bits per heavy atom. The van der Waals surface area contributed by atoms with Gasteiger partial charge >= 0.3 is 6.03 Å². The predicted molar refractivity (Wildman–Crippen MR) is 90.6 cm³/mol. The number of hydrogen-bond donors (Lipinski definition) is 3. The Bertz CT molecular complexity index is 424. The molecule has 0 unspecified atom stereocenters. The lowest BCUT2D eigenvalue weighted by Crippen LogP contribution is -2.54. The van der Waals surface area contributed by atoms with Gasteiger partial charge in [-0.1, -0.05) is 0 Å². The lowest BCUT2D eigenvalue weighted by molar-refractivity contribution is -0.141. The van der Waals surface area contributed by atoms with Crippen LogP contribution >= 0.6 is 0 Å². The van der Waals surface area contributed by atoms with Gasteiger partial charge in [0.15, 0.2) is 0 Å². The molecule has 0 aliphatic carbocycles. The number of piperidine rings is 1. The number of carbonyl (C=O) groups is 2. The maximum absolute atomic E-state index is 12.3. The molecule has 0 aromatic heterocycles. The molecule has 0 spiro atoms. The zero-order chi connectivity index (χ0) is 17.5. The molecule has 2 aliphatic rings. The Labute approximate surface area is 144 Å². The molecule has 2 rings (SSSR count). The van der Waals surface area contributed by atoms with Crippen LogP contribution in [0.25, 0.3) is 0 Å². The van der Waals surface area contributed by atoms with E-state index < -0.39 is 6.10 Å². The van der Waals surface area contributed by atoms with Gasteiger partial charge in [0.1, 0.15) is 6.10 Å². The van der Waals surface area contributed by atoms with Crippen molar-refractivity contribution in [2.75, 3.05) is 19.7 Å². The molecular formula is C17H31N3O4. The Morgan fingerprint density at radius 1 is 1.21 bits per heavy atom. The molecular weight excluding hydrogens is 310 g/mol. The van der Waals surface area contributed by atoms with Gasteiger partial charge in [-0.15, -0.1) is 0 Å². The van der Waals surface area contributed by atoms with Crippen LogP contribution in [-0.2, 0) is 9.53 Å². The quantitative estimate of drug-likeness (QED) is 0.696. The summed E-state index contributed by atoms with van der Waals surface area (Å²) >= 11 is 0. The minimum Gasteiger partial charge on any atom is -0.394 e. The predicted octanol–water partition coefficient (Wildman–Crippen LogP) is 1.01. The molecule has 3 atom stereocenters. The summed E-state index contributed by atoms with van der Waals surface area (Å²) in [4.78, 5) is 26.1. The third-order valence-electron chi connectivity index (χ3n) is 4.64. The highest BCUT2D eigenvalue weighted by Crippen LogP contribution is 2.23. The average Bonchev–Trinajstić information content (AvgIpc) is 2.56. The van der Waals surface area contributed by atoms with E-state index in [9.17, 15) is 14.7 Å². The minimum atomic E-state index is -0.462. The van der Waals surface area contributed by atoms with Crippen molar-refractivity contribution in [3.8, 4) is 0 Å². The van der Waals surface area contributed by atoms with Crippen LogP contribution in [0.3, 0.4) is 0 Å². The SMILES string of the molecule is CC(C)NC(=O)N[C@@H]1CC[C@@H](CC(=O)N2CCCCC2)O[C@@H]1CO. The highest BCUT2D eigenvalue weighted by atomic mass is 16.5. The summed E-state index contributed by atoms with van der Waals surface area (Å²) in [5.74, 6) is 0.139. The van der Waals surface area contributed by atoms with Crippen LogP contribution in [0.15, 0.2) is 0 Å². The highest BCUT2D eigenvalue weighted by molar-refractivity contribution is 5.77. The molecule has 3 N–H and O–H groups in total. The second-order valence-electron chi connectivity index (χ2n) is 7.08. The number of nitrogens with zero attached hydrogens (tertiary/aromatic N) is 1. The Hall–Kier alpha value is -1.34. The van der Waals surface area contributed by atoms with Crippen LogP contribution in [-0.4, -0.2) is 65.9 Å². The van der Waals surface area contributed by atoms with Crippen molar-refractivity contribution in [3.63, 3.8) is 0 Å². The summed E-state index contributed by atoms with van der Waals surface area (Å²) in [6, 6.07) is -0.424. The van der Waals surface area contributed by atoms with Crippen molar-refractivity contribution in [1.29, 1.82) is 0 Å². The molecule has 0 saturated carbocycles. The maximum atomic E-state index is 12.3. The van der Waals surface area contributed by atoms with Crippen molar-refractivity contribution in [2.45, 2.75) is 76.7 Å². The van der Waals surface area contributed by atoms with Crippen molar-refractivity contribution >= 4 is 11.9 Å². The number of urea groups is 1. The van der Waals surface area contributed by atoms with Crippen molar-refractivity contribution in [2.24, 2.45) is 0 Å². The van der Waals surface area contributed by atoms with E-state index in [4.69, 9.17) is 4.74 Å². The van der Waals surface area contributed by atoms with E-state index in [0.717, 1.165) is 25.9 Å². The molecule has 2 aliphatic heterocycles. The topological polar surface area (TPSA) is 90.9 Å². The molecule has 24 heavy (non-hydrogen) atoms. The number of amides is 3. The number of carbonyl (C=O) groups excluding carboxylic acids is 2. The first-order valence-electron chi connectivity index (χ1n) is 9.10. The molecule has 0 radical (unpaired) electrons. The zero-order valence-corrected chi connectivity index (χ0v) is 14.8. The van der Waals surface area contributed by atoms with Crippen LogP contribution in [0.5, 0.6) is 0 Å². The minimum absolute atomic E-state index is 0.0528.